The quantitative estimate of drug-likeness (QED) is 0.786. The zero-order valence-corrected chi connectivity index (χ0v) is 14.6. The van der Waals surface area contributed by atoms with Crippen molar-refractivity contribution in [2.45, 2.75) is 11.3 Å². The van der Waals surface area contributed by atoms with Gasteiger partial charge in [-0.3, -0.25) is 9.10 Å². The third-order valence-corrected chi connectivity index (χ3v) is 4.32. The highest BCUT2D eigenvalue weighted by molar-refractivity contribution is 7.97. The minimum Gasteiger partial charge on any atom is -0.326 e. The van der Waals surface area contributed by atoms with Crippen LogP contribution in [0.4, 0.5) is 5.69 Å². The van der Waals surface area contributed by atoms with E-state index in [1.807, 2.05) is 42.7 Å². The summed E-state index contributed by atoms with van der Waals surface area (Å²) < 4.78 is 2.00. The van der Waals surface area contributed by atoms with Crippen LogP contribution in [0.2, 0.25) is 10.0 Å². The lowest BCUT2D eigenvalue weighted by molar-refractivity contribution is -0.115. The van der Waals surface area contributed by atoms with E-state index < -0.39 is 0 Å². The summed E-state index contributed by atoms with van der Waals surface area (Å²) in [7, 11) is 3.94. The molecule has 0 atom stereocenters. The topological polar surface area (TPSA) is 32.3 Å². The van der Waals surface area contributed by atoms with Crippen LogP contribution >= 0.6 is 35.1 Å². The number of halogens is 2. The van der Waals surface area contributed by atoms with Crippen molar-refractivity contribution in [1.82, 2.24) is 4.31 Å². The Bertz CT molecular complexity index is 677. The van der Waals surface area contributed by atoms with E-state index in [0.29, 0.717) is 10.0 Å². The Labute approximate surface area is 144 Å². The predicted molar refractivity (Wildman–Crippen MR) is 94.8 cm³/mol. The predicted octanol–water partition coefficient (Wildman–Crippen LogP) is 4.74. The van der Waals surface area contributed by atoms with Crippen LogP contribution in [0.15, 0.2) is 47.4 Å². The van der Waals surface area contributed by atoms with Gasteiger partial charge in [-0.15, -0.1) is 0 Å². The normalized spacial score (nSPS) is 10.8. The summed E-state index contributed by atoms with van der Waals surface area (Å²) in [6, 6.07) is 12.9. The van der Waals surface area contributed by atoms with Gasteiger partial charge < -0.3 is 5.32 Å². The van der Waals surface area contributed by atoms with Gasteiger partial charge in [0.25, 0.3) is 0 Å². The molecule has 0 spiro atoms. The molecule has 116 valence electrons. The summed E-state index contributed by atoms with van der Waals surface area (Å²) in [6.07, 6.45) is 0.252. The van der Waals surface area contributed by atoms with Crippen LogP contribution in [0, 0.1) is 0 Å². The number of carbonyl (C=O) groups excluding carboxylic acids is 1. The molecule has 0 saturated carbocycles. The van der Waals surface area contributed by atoms with Gasteiger partial charge in [0.2, 0.25) is 5.91 Å². The SMILES string of the molecule is CN(C)Sc1cccc(NC(=O)Cc2ccc(Cl)c(Cl)c2)c1. The van der Waals surface area contributed by atoms with E-state index in [0.717, 1.165) is 16.1 Å². The molecular formula is C16H16Cl2N2OS. The first-order chi connectivity index (χ1) is 10.4. The number of benzene rings is 2. The molecule has 22 heavy (non-hydrogen) atoms. The van der Waals surface area contributed by atoms with Crippen molar-refractivity contribution in [3.63, 3.8) is 0 Å². The highest BCUT2D eigenvalue weighted by Crippen LogP contribution is 2.24. The Morgan fingerprint density at radius 3 is 2.59 bits per heavy atom. The fraction of sp³-hybridized carbons (Fsp3) is 0.188. The Morgan fingerprint density at radius 1 is 1.14 bits per heavy atom. The average Bonchev–Trinajstić information content (AvgIpc) is 2.42. The van der Waals surface area contributed by atoms with Crippen LogP contribution in [-0.2, 0) is 11.2 Å². The second-order valence-electron chi connectivity index (χ2n) is 4.90. The Balaban J connectivity index is 2.01. The Hall–Kier alpha value is -1.20. The van der Waals surface area contributed by atoms with Gasteiger partial charge in [-0.25, -0.2) is 0 Å². The summed E-state index contributed by atoms with van der Waals surface area (Å²) in [5.74, 6) is -0.0922. The van der Waals surface area contributed by atoms with Crippen LogP contribution < -0.4 is 5.32 Å². The molecule has 0 aliphatic carbocycles. The number of hydrogen-bond donors (Lipinski definition) is 1. The highest BCUT2D eigenvalue weighted by Gasteiger charge is 2.07. The van der Waals surface area contributed by atoms with Crippen molar-refractivity contribution in [3.05, 3.63) is 58.1 Å². The lowest BCUT2D eigenvalue weighted by Crippen LogP contribution is -2.14. The van der Waals surface area contributed by atoms with Crippen LogP contribution in [0.1, 0.15) is 5.56 Å². The number of carbonyl (C=O) groups is 1. The van der Waals surface area contributed by atoms with E-state index in [1.165, 1.54) is 0 Å². The van der Waals surface area contributed by atoms with Crippen LogP contribution in [0.25, 0.3) is 0 Å². The fourth-order valence-electron chi connectivity index (χ4n) is 1.88. The molecular weight excluding hydrogens is 339 g/mol. The van der Waals surface area contributed by atoms with Gasteiger partial charge in [-0.2, -0.15) is 0 Å². The maximum Gasteiger partial charge on any atom is 0.228 e. The second-order valence-corrected chi connectivity index (χ2v) is 7.10. The molecule has 2 rings (SSSR count). The van der Waals surface area contributed by atoms with E-state index in [-0.39, 0.29) is 12.3 Å². The van der Waals surface area contributed by atoms with Gasteiger partial charge in [-0.1, -0.05) is 35.3 Å². The minimum atomic E-state index is -0.0922. The van der Waals surface area contributed by atoms with Crippen molar-refractivity contribution < 1.29 is 4.79 Å². The largest absolute Gasteiger partial charge is 0.326 e. The highest BCUT2D eigenvalue weighted by atomic mass is 35.5. The molecule has 6 heteroatoms. The maximum absolute atomic E-state index is 12.1. The standard InChI is InChI=1S/C16H16Cl2N2OS/c1-20(2)22-13-5-3-4-12(10-13)19-16(21)9-11-6-7-14(17)15(18)8-11/h3-8,10H,9H2,1-2H3,(H,19,21). The van der Waals surface area contributed by atoms with Crippen molar-refractivity contribution in [2.75, 3.05) is 19.4 Å². The van der Waals surface area contributed by atoms with Gasteiger partial charge in [0.1, 0.15) is 0 Å². The monoisotopic (exact) mass is 354 g/mol. The summed E-state index contributed by atoms with van der Waals surface area (Å²) >= 11 is 13.4. The van der Waals surface area contributed by atoms with Gasteiger partial charge in [0, 0.05) is 10.6 Å². The number of hydrogen-bond acceptors (Lipinski definition) is 3. The number of anilines is 1. The van der Waals surface area contributed by atoms with Crippen LogP contribution in [-0.4, -0.2) is 24.3 Å². The molecule has 0 heterocycles. The first-order valence-corrected chi connectivity index (χ1v) is 8.16. The molecule has 0 unspecified atom stereocenters. The third kappa shape index (κ3) is 5.21. The second kappa shape index (κ2) is 7.88. The number of rotatable bonds is 5. The number of nitrogens with one attached hydrogen (secondary N) is 1. The lowest BCUT2D eigenvalue weighted by Gasteiger charge is -2.10. The summed E-state index contributed by atoms with van der Waals surface area (Å²) in [6.45, 7) is 0. The molecule has 3 nitrogen and oxygen atoms in total. The van der Waals surface area contributed by atoms with E-state index in [9.17, 15) is 4.79 Å². The van der Waals surface area contributed by atoms with E-state index >= 15 is 0 Å². The van der Waals surface area contributed by atoms with Crippen LogP contribution in [0.5, 0.6) is 0 Å². The third-order valence-electron chi connectivity index (χ3n) is 2.75. The Kier molecular flexibility index (Phi) is 6.15. The molecule has 1 amide bonds. The van der Waals surface area contributed by atoms with E-state index in [2.05, 4.69) is 5.32 Å². The molecule has 0 aliphatic rings. The zero-order valence-electron chi connectivity index (χ0n) is 12.3. The van der Waals surface area contributed by atoms with Gasteiger partial charge in [0.05, 0.1) is 16.5 Å². The summed E-state index contributed by atoms with van der Waals surface area (Å²) in [5, 5.41) is 3.83. The lowest BCUT2D eigenvalue weighted by atomic mass is 10.1. The zero-order chi connectivity index (χ0) is 16.1. The molecule has 0 saturated heterocycles. The fourth-order valence-corrected chi connectivity index (χ4v) is 2.94. The molecule has 0 aromatic heterocycles. The molecule has 0 aliphatic heterocycles. The van der Waals surface area contributed by atoms with Crippen molar-refractivity contribution in [3.8, 4) is 0 Å². The van der Waals surface area contributed by atoms with Gasteiger partial charge in [-0.05, 0) is 61.9 Å². The molecule has 2 aromatic rings. The first kappa shape index (κ1) is 17.2. The maximum atomic E-state index is 12.1. The minimum absolute atomic E-state index is 0.0922. The van der Waals surface area contributed by atoms with Crippen molar-refractivity contribution >= 4 is 46.7 Å². The smallest absolute Gasteiger partial charge is 0.228 e. The van der Waals surface area contributed by atoms with E-state index in [1.54, 1.807) is 30.1 Å². The first-order valence-electron chi connectivity index (χ1n) is 6.63. The van der Waals surface area contributed by atoms with Crippen molar-refractivity contribution in [1.29, 1.82) is 0 Å². The summed E-state index contributed by atoms with van der Waals surface area (Å²) in [5.41, 5.74) is 1.60. The number of amides is 1. The molecule has 0 fully saturated rings. The molecule has 2 aromatic carbocycles. The van der Waals surface area contributed by atoms with Crippen LogP contribution in [0.3, 0.4) is 0 Å². The molecule has 1 N–H and O–H groups in total. The van der Waals surface area contributed by atoms with Gasteiger partial charge in [0.15, 0.2) is 0 Å². The van der Waals surface area contributed by atoms with Crippen molar-refractivity contribution in [2.24, 2.45) is 0 Å². The number of nitrogens with zero attached hydrogens (tertiary/aromatic N) is 1. The summed E-state index contributed by atoms with van der Waals surface area (Å²) in [4.78, 5) is 13.2. The van der Waals surface area contributed by atoms with E-state index in [4.69, 9.17) is 23.2 Å². The molecule has 0 radical (unpaired) electrons. The Morgan fingerprint density at radius 2 is 1.91 bits per heavy atom. The van der Waals surface area contributed by atoms with Gasteiger partial charge >= 0.3 is 0 Å². The average molecular weight is 355 g/mol. The molecule has 0 bridgehead atoms.